The maximum Gasteiger partial charge on any atom is 0.135 e. The molecule has 4 aromatic carbocycles. The van der Waals surface area contributed by atoms with E-state index in [9.17, 15) is 0 Å². The lowest BCUT2D eigenvalue weighted by molar-refractivity contribution is 0.255. The minimum atomic E-state index is 0.779. The smallest absolute Gasteiger partial charge is 0.135 e. The Bertz CT molecular complexity index is 1380. The van der Waals surface area contributed by atoms with Gasteiger partial charge >= 0.3 is 0 Å². The molecule has 3 nitrogen and oxygen atoms in total. The third kappa shape index (κ3) is 5.31. The molecule has 0 aliphatic carbocycles. The number of rotatable bonds is 9. The van der Waals surface area contributed by atoms with Crippen LogP contribution in [0.15, 0.2) is 108 Å². The summed E-state index contributed by atoms with van der Waals surface area (Å²) in [4.78, 5) is 2.49. The van der Waals surface area contributed by atoms with Crippen molar-refractivity contribution in [3.63, 3.8) is 0 Å². The summed E-state index contributed by atoms with van der Waals surface area (Å²) in [5.74, 6) is 1.82. The normalized spacial score (nSPS) is 11.3. The second-order valence-electron chi connectivity index (χ2n) is 8.99. The minimum Gasteiger partial charge on any atom is -0.496 e. The Kier molecular flexibility index (Phi) is 6.97. The van der Waals surface area contributed by atoms with Crippen LogP contribution in [0.4, 0.5) is 0 Å². The largest absolute Gasteiger partial charge is 0.496 e. The summed E-state index contributed by atoms with van der Waals surface area (Å²) in [6.45, 7) is 4.64. The molecule has 35 heavy (non-hydrogen) atoms. The fraction of sp³-hybridized carbons (Fsp3) is 0.188. The van der Waals surface area contributed by atoms with Crippen LogP contribution in [0.3, 0.4) is 0 Å². The van der Waals surface area contributed by atoms with Gasteiger partial charge in [-0.3, -0.25) is 4.90 Å². The average Bonchev–Trinajstić information content (AvgIpc) is 3.22. The number of hydrogen-bond donors (Lipinski definition) is 0. The lowest BCUT2D eigenvalue weighted by Gasteiger charge is -2.24. The third-order valence-corrected chi connectivity index (χ3v) is 6.53. The van der Waals surface area contributed by atoms with Gasteiger partial charge < -0.3 is 9.15 Å². The second-order valence-corrected chi connectivity index (χ2v) is 8.99. The summed E-state index contributed by atoms with van der Waals surface area (Å²) < 4.78 is 12.1. The second kappa shape index (κ2) is 10.6. The minimum absolute atomic E-state index is 0.779. The molecule has 1 heterocycles. The van der Waals surface area contributed by atoms with Crippen molar-refractivity contribution in [2.45, 2.75) is 26.4 Å². The number of hydrogen-bond acceptors (Lipinski definition) is 3. The van der Waals surface area contributed by atoms with Crippen molar-refractivity contribution in [3.05, 3.63) is 126 Å². The first-order valence-electron chi connectivity index (χ1n) is 12.2. The summed E-state index contributed by atoms with van der Waals surface area (Å²) in [5.41, 5.74) is 6.99. The lowest BCUT2D eigenvalue weighted by atomic mass is 10.0. The van der Waals surface area contributed by atoms with Crippen molar-refractivity contribution in [3.8, 4) is 16.9 Å². The Labute approximate surface area is 207 Å². The summed E-state index contributed by atoms with van der Waals surface area (Å²) >= 11 is 0. The van der Waals surface area contributed by atoms with Gasteiger partial charge in [-0.05, 0) is 42.2 Å². The monoisotopic (exact) mass is 461 g/mol. The molecule has 0 saturated heterocycles. The topological polar surface area (TPSA) is 25.6 Å². The molecule has 5 rings (SSSR count). The van der Waals surface area contributed by atoms with Crippen molar-refractivity contribution in [1.29, 1.82) is 0 Å². The van der Waals surface area contributed by atoms with Gasteiger partial charge in [0.1, 0.15) is 17.1 Å². The molecule has 0 amide bonds. The molecular weight excluding hydrogens is 430 g/mol. The Hall–Kier alpha value is -3.82. The molecule has 0 spiro atoms. The highest BCUT2D eigenvalue weighted by Crippen LogP contribution is 2.38. The van der Waals surface area contributed by atoms with E-state index in [0.717, 1.165) is 65.2 Å². The molecule has 5 aromatic rings. The van der Waals surface area contributed by atoms with E-state index < -0.39 is 0 Å². The molecule has 0 unspecified atom stereocenters. The highest BCUT2D eigenvalue weighted by atomic mass is 16.5. The number of furan rings is 1. The maximum absolute atomic E-state index is 6.25. The van der Waals surface area contributed by atoms with E-state index in [2.05, 4.69) is 102 Å². The van der Waals surface area contributed by atoms with E-state index in [-0.39, 0.29) is 0 Å². The zero-order chi connectivity index (χ0) is 24.0. The van der Waals surface area contributed by atoms with Crippen LogP contribution in [0.25, 0.3) is 22.1 Å². The first-order chi connectivity index (χ1) is 17.2. The molecule has 0 N–H and O–H groups in total. The maximum atomic E-state index is 6.25. The van der Waals surface area contributed by atoms with E-state index in [0.29, 0.717) is 0 Å². The highest BCUT2D eigenvalue weighted by molar-refractivity contribution is 5.97. The van der Waals surface area contributed by atoms with Crippen molar-refractivity contribution < 1.29 is 9.15 Å². The van der Waals surface area contributed by atoms with Gasteiger partial charge in [-0.25, -0.2) is 0 Å². The van der Waals surface area contributed by atoms with Crippen LogP contribution in [0.2, 0.25) is 0 Å². The van der Waals surface area contributed by atoms with Crippen LogP contribution in [-0.4, -0.2) is 18.6 Å². The van der Waals surface area contributed by atoms with E-state index in [1.807, 2.05) is 13.0 Å². The van der Waals surface area contributed by atoms with Crippen molar-refractivity contribution >= 4 is 11.0 Å². The van der Waals surface area contributed by atoms with Gasteiger partial charge in [0.15, 0.2) is 0 Å². The number of methoxy groups -OCH3 is 1. The zero-order valence-corrected chi connectivity index (χ0v) is 20.4. The average molecular weight is 462 g/mol. The van der Waals surface area contributed by atoms with Crippen LogP contribution in [-0.2, 0) is 19.5 Å². The van der Waals surface area contributed by atoms with Crippen LogP contribution >= 0.6 is 0 Å². The molecule has 176 valence electrons. The standard InChI is InChI=1S/C32H31NO2/c1-24-32(27-16-10-5-11-17-27)29-21-30(34-2)28(20-31(29)35-24)23-33(22-26-14-8-4-9-15-26)19-18-25-12-6-3-7-13-25/h3-17,20-21H,18-19,22-23H2,1-2H3. The van der Waals surface area contributed by atoms with Crippen molar-refractivity contribution in [1.82, 2.24) is 4.90 Å². The van der Waals surface area contributed by atoms with Gasteiger partial charge in [0.25, 0.3) is 0 Å². The van der Waals surface area contributed by atoms with Crippen molar-refractivity contribution in [2.24, 2.45) is 0 Å². The summed E-state index contributed by atoms with van der Waals surface area (Å²) in [6, 6.07) is 36.1. The molecule has 0 radical (unpaired) electrons. The lowest BCUT2D eigenvalue weighted by Crippen LogP contribution is -2.25. The van der Waals surface area contributed by atoms with Gasteiger partial charge in [0.2, 0.25) is 0 Å². The van der Waals surface area contributed by atoms with Gasteiger partial charge in [0.05, 0.1) is 7.11 Å². The Morgan fingerprint density at radius 1 is 0.743 bits per heavy atom. The molecule has 0 aliphatic rings. The number of nitrogens with zero attached hydrogens (tertiary/aromatic N) is 1. The highest BCUT2D eigenvalue weighted by Gasteiger charge is 2.18. The SMILES string of the molecule is COc1cc2c(-c3ccccc3)c(C)oc2cc1CN(CCc1ccccc1)Cc1ccccc1. The number of aryl methyl sites for hydroxylation is 1. The fourth-order valence-electron chi connectivity index (χ4n) is 4.79. The predicted molar refractivity (Wildman–Crippen MR) is 144 cm³/mol. The van der Waals surface area contributed by atoms with Gasteiger partial charge in [-0.2, -0.15) is 0 Å². The number of fused-ring (bicyclic) bond motifs is 1. The quantitative estimate of drug-likeness (QED) is 0.225. The molecule has 0 saturated carbocycles. The van der Waals surface area contributed by atoms with E-state index in [4.69, 9.17) is 9.15 Å². The molecule has 0 fully saturated rings. The van der Waals surface area contributed by atoms with E-state index in [1.54, 1.807) is 7.11 Å². The molecular formula is C32H31NO2. The Morgan fingerprint density at radius 3 is 2.03 bits per heavy atom. The molecule has 3 heteroatoms. The van der Waals surface area contributed by atoms with Gasteiger partial charge in [-0.15, -0.1) is 0 Å². The fourth-order valence-corrected chi connectivity index (χ4v) is 4.79. The molecule has 1 aromatic heterocycles. The molecule has 0 aliphatic heterocycles. The third-order valence-electron chi connectivity index (χ3n) is 6.53. The van der Waals surface area contributed by atoms with Crippen molar-refractivity contribution in [2.75, 3.05) is 13.7 Å². The first-order valence-corrected chi connectivity index (χ1v) is 12.2. The summed E-state index contributed by atoms with van der Waals surface area (Å²) in [6.07, 6.45) is 0.996. The van der Waals surface area contributed by atoms with E-state index >= 15 is 0 Å². The Balaban J connectivity index is 1.47. The zero-order valence-electron chi connectivity index (χ0n) is 20.4. The van der Waals surface area contributed by atoms with Crippen LogP contribution in [0.5, 0.6) is 5.75 Å². The summed E-state index contributed by atoms with van der Waals surface area (Å²) in [7, 11) is 1.76. The van der Waals surface area contributed by atoms with Crippen LogP contribution in [0, 0.1) is 6.92 Å². The van der Waals surface area contributed by atoms with Crippen LogP contribution in [0.1, 0.15) is 22.5 Å². The van der Waals surface area contributed by atoms with Crippen LogP contribution < -0.4 is 4.74 Å². The predicted octanol–water partition coefficient (Wildman–Crippen LogP) is 7.66. The van der Waals surface area contributed by atoms with Gasteiger partial charge in [0, 0.05) is 36.1 Å². The Morgan fingerprint density at radius 2 is 1.37 bits per heavy atom. The number of ether oxygens (including phenoxy) is 1. The first kappa shape index (κ1) is 22.9. The van der Waals surface area contributed by atoms with Gasteiger partial charge in [-0.1, -0.05) is 91.0 Å². The molecule has 0 atom stereocenters. The molecule has 0 bridgehead atoms. The summed E-state index contributed by atoms with van der Waals surface area (Å²) in [5, 5.41) is 1.09. The van der Waals surface area contributed by atoms with E-state index in [1.165, 1.54) is 11.1 Å². The number of benzene rings is 4.